The normalized spacial score (nSPS) is 11.7. The number of hydrogen-bond acceptors (Lipinski definition) is 6. The predicted molar refractivity (Wildman–Crippen MR) is 95.4 cm³/mol. The van der Waals surface area contributed by atoms with Crippen molar-refractivity contribution in [1.29, 1.82) is 0 Å². The van der Waals surface area contributed by atoms with Gasteiger partial charge in [-0.25, -0.2) is 18.5 Å². The lowest BCUT2D eigenvalue weighted by Gasteiger charge is -2.02. The molecular formula is C17H15N5O3S. The number of H-pyrrole nitrogens is 2. The molecule has 0 atom stereocenters. The van der Waals surface area contributed by atoms with Crippen LogP contribution in [-0.2, 0) is 16.4 Å². The van der Waals surface area contributed by atoms with Crippen molar-refractivity contribution in [1.82, 2.24) is 25.1 Å². The van der Waals surface area contributed by atoms with Crippen LogP contribution in [0.3, 0.4) is 0 Å². The standard InChI is InChI=1S/C17H15N5O3S/c1-26(23,24)17-20-16(21-22-17)11-7-8-13-14(9-11)19-15(18-13)10-25-12-5-3-2-4-6-12/h2-9H,10H2,1H3,(H,18,19)(H,20,21,22). The van der Waals surface area contributed by atoms with Gasteiger partial charge in [0, 0.05) is 11.8 Å². The molecule has 2 aromatic carbocycles. The Labute approximate surface area is 149 Å². The molecule has 0 saturated carbocycles. The van der Waals surface area contributed by atoms with E-state index in [1.54, 1.807) is 6.07 Å². The average Bonchev–Trinajstić information content (AvgIpc) is 3.26. The molecule has 0 spiro atoms. The zero-order valence-corrected chi connectivity index (χ0v) is 14.6. The first-order valence-corrected chi connectivity index (χ1v) is 9.67. The van der Waals surface area contributed by atoms with Gasteiger partial charge >= 0.3 is 0 Å². The zero-order valence-electron chi connectivity index (χ0n) is 13.8. The molecule has 0 aliphatic carbocycles. The predicted octanol–water partition coefficient (Wildman–Crippen LogP) is 2.33. The van der Waals surface area contributed by atoms with Crippen LogP contribution in [0.2, 0.25) is 0 Å². The van der Waals surface area contributed by atoms with E-state index in [1.165, 1.54) is 0 Å². The largest absolute Gasteiger partial charge is 0.486 e. The summed E-state index contributed by atoms with van der Waals surface area (Å²) in [5.74, 6) is 1.76. The fourth-order valence-corrected chi connectivity index (χ4v) is 2.94. The van der Waals surface area contributed by atoms with E-state index in [9.17, 15) is 8.42 Å². The van der Waals surface area contributed by atoms with Crippen molar-refractivity contribution in [3.63, 3.8) is 0 Å². The summed E-state index contributed by atoms with van der Waals surface area (Å²) < 4.78 is 28.7. The molecule has 0 amide bonds. The number of nitrogens with zero attached hydrogens (tertiary/aromatic N) is 3. The SMILES string of the molecule is CS(=O)(=O)c1nc(-c2ccc3nc(COc4ccccc4)[nH]c3c2)n[nH]1. The Hall–Kier alpha value is -3.20. The number of aromatic nitrogens is 5. The van der Waals surface area contributed by atoms with Crippen molar-refractivity contribution in [2.45, 2.75) is 11.8 Å². The smallest absolute Gasteiger partial charge is 0.243 e. The van der Waals surface area contributed by atoms with E-state index in [0.29, 0.717) is 23.8 Å². The molecule has 26 heavy (non-hydrogen) atoms. The summed E-state index contributed by atoms with van der Waals surface area (Å²) in [5, 5.41) is 6.25. The average molecular weight is 369 g/mol. The van der Waals surface area contributed by atoms with Crippen LogP contribution >= 0.6 is 0 Å². The number of imidazole rings is 1. The number of rotatable bonds is 5. The molecular weight excluding hydrogens is 354 g/mol. The van der Waals surface area contributed by atoms with Gasteiger partial charge in [-0.3, -0.25) is 0 Å². The summed E-state index contributed by atoms with van der Waals surface area (Å²) in [6, 6.07) is 14.9. The highest BCUT2D eigenvalue weighted by molar-refractivity contribution is 7.90. The minimum Gasteiger partial charge on any atom is -0.486 e. The van der Waals surface area contributed by atoms with Gasteiger partial charge in [0.05, 0.1) is 11.0 Å². The van der Waals surface area contributed by atoms with E-state index >= 15 is 0 Å². The van der Waals surface area contributed by atoms with Crippen molar-refractivity contribution < 1.29 is 13.2 Å². The van der Waals surface area contributed by atoms with Crippen LogP contribution in [0.15, 0.2) is 53.7 Å². The lowest BCUT2D eigenvalue weighted by atomic mass is 10.2. The number of fused-ring (bicyclic) bond motifs is 1. The molecule has 2 aromatic heterocycles. The lowest BCUT2D eigenvalue weighted by molar-refractivity contribution is 0.297. The third-order valence-electron chi connectivity index (χ3n) is 3.72. The maximum Gasteiger partial charge on any atom is 0.243 e. The van der Waals surface area contributed by atoms with Crippen LogP contribution in [0, 0.1) is 0 Å². The van der Waals surface area contributed by atoms with E-state index < -0.39 is 9.84 Å². The number of aromatic amines is 2. The Morgan fingerprint density at radius 2 is 1.88 bits per heavy atom. The molecule has 8 nitrogen and oxygen atoms in total. The van der Waals surface area contributed by atoms with E-state index in [2.05, 4.69) is 25.1 Å². The lowest BCUT2D eigenvalue weighted by Crippen LogP contribution is -1.99. The maximum atomic E-state index is 11.5. The van der Waals surface area contributed by atoms with Crippen LogP contribution in [0.4, 0.5) is 0 Å². The molecule has 2 heterocycles. The van der Waals surface area contributed by atoms with Crippen molar-refractivity contribution >= 4 is 20.9 Å². The van der Waals surface area contributed by atoms with Crippen molar-refractivity contribution in [3.8, 4) is 17.1 Å². The first-order valence-electron chi connectivity index (χ1n) is 7.78. The van der Waals surface area contributed by atoms with Gasteiger partial charge in [0.15, 0.2) is 5.82 Å². The van der Waals surface area contributed by atoms with E-state index in [0.717, 1.165) is 23.0 Å². The Morgan fingerprint density at radius 3 is 2.62 bits per heavy atom. The van der Waals surface area contributed by atoms with Gasteiger partial charge in [0.25, 0.3) is 0 Å². The Bertz CT molecular complexity index is 1170. The summed E-state index contributed by atoms with van der Waals surface area (Å²) in [6.07, 6.45) is 1.08. The third-order valence-corrected chi connectivity index (χ3v) is 4.61. The fourth-order valence-electron chi connectivity index (χ4n) is 2.48. The van der Waals surface area contributed by atoms with Crippen LogP contribution in [0.1, 0.15) is 5.82 Å². The topological polar surface area (TPSA) is 114 Å². The first-order chi connectivity index (χ1) is 12.5. The van der Waals surface area contributed by atoms with Gasteiger partial charge in [0.1, 0.15) is 18.2 Å². The monoisotopic (exact) mass is 369 g/mol. The van der Waals surface area contributed by atoms with Crippen molar-refractivity contribution in [2.75, 3.05) is 6.26 Å². The summed E-state index contributed by atoms with van der Waals surface area (Å²) in [4.78, 5) is 11.7. The van der Waals surface area contributed by atoms with Crippen LogP contribution in [0.5, 0.6) is 5.75 Å². The molecule has 0 radical (unpaired) electrons. The number of sulfone groups is 1. The van der Waals surface area contributed by atoms with Crippen molar-refractivity contribution in [3.05, 3.63) is 54.4 Å². The van der Waals surface area contributed by atoms with Crippen LogP contribution in [0.25, 0.3) is 22.4 Å². The van der Waals surface area contributed by atoms with Gasteiger partial charge < -0.3 is 9.72 Å². The Kier molecular flexibility index (Phi) is 3.92. The quantitative estimate of drug-likeness (QED) is 0.558. The molecule has 132 valence electrons. The summed E-state index contributed by atoms with van der Waals surface area (Å²) >= 11 is 0. The third kappa shape index (κ3) is 3.29. The van der Waals surface area contributed by atoms with Crippen LogP contribution in [-0.4, -0.2) is 39.8 Å². The van der Waals surface area contributed by atoms with Gasteiger partial charge in [-0.2, -0.15) is 10.1 Å². The van der Waals surface area contributed by atoms with Gasteiger partial charge in [-0.1, -0.05) is 18.2 Å². The fraction of sp³-hybridized carbons (Fsp3) is 0.118. The number of nitrogens with one attached hydrogen (secondary N) is 2. The molecule has 0 aliphatic rings. The highest BCUT2D eigenvalue weighted by atomic mass is 32.2. The molecule has 4 aromatic rings. The molecule has 2 N–H and O–H groups in total. The number of ether oxygens (including phenoxy) is 1. The summed E-state index contributed by atoms with van der Waals surface area (Å²) in [5.41, 5.74) is 2.25. The summed E-state index contributed by atoms with van der Waals surface area (Å²) in [6.45, 7) is 0.312. The van der Waals surface area contributed by atoms with E-state index in [4.69, 9.17) is 4.74 Å². The van der Waals surface area contributed by atoms with Gasteiger partial charge in [-0.05, 0) is 30.3 Å². The van der Waals surface area contributed by atoms with Crippen molar-refractivity contribution in [2.24, 2.45) is 0 Å². The molecule has 4 rings (SSSR count). The molecule has 0 fully saturated rings. The maximum absolute atomic E-state index is 11.5. The zero-order chi connectivity index (χ0) is 18.1. The first kappa shape index (κ1) is 16.3. The number of para-hydroxylation sites is 1. The number of benzene rings is 2. The van der Waals surface area contributed by atoms with E-state index in [-0.39, 0.29) is 5.16 Å². The summed E-state index contributed by atoms with van der Waals surface area (Å²) in [7, 11) is -3.43. The number of hydrogen-bond donors (Lipinski definition) is 2. The Balaban J connectivity index is 1.58. The molecule has 0 bridgehead atoms. The second-order valence-electron chi connectivity index (χ2n) is 5.75. The second-order valence-corrected chi connectivity index (χ2v) is 7.68. The van der Waals surface area contributed by atoms with Crippen LogP contribution < -0.4 is 4.74 Å². The highest BCUT2D eigenvalue weighted by Crippen LogP contribution is 2.22. The Morgan fingerprint density at radius 1 is 1.08 bits per heavy atom. The van der Waals surface area contributed by atoms with E-state index in [1.807, 2.05) is 42.5 Å². The minimum atomic E-state index is -3.43. The second kappa shape index (κ2) is 6.26. The highest BCUT2D eigenvalue weighted by Gasteiger charge is 2.15. The molecule has 9 heteroatoms. The van der Waals surface area contributed by atoms with Gasteiger partial charge in [-0.15, -0.1) is 0 Å². The van der Waals surface area contributed by atoms with Gasteiger partial charge in [0.2, 0.25) is 15.0 Å². The molecule has 0 saturated heterocycles. The minimum absolute atomic E-state index is 0.158. The molecule has 0 aliphatic heterocycles. The molecule has 0 unspecified atom stereocenters.